The van der Waals surface area contributed by atoms with Crippen molar-refractivity contribution in [2.24, 2.45) is 5.41 Å². The third-order valence-electron chi connectivity index (χ3n) is 5.86. The number of piperidine rings is 1. The van der Waals surface area contributed by atoms with Crippen LogP contribution in [0.5, 0.6) is 0 Å². The third-order valence-corrected chi connectivity index (χ3v) is 5.86. The Morgan fingerprint density at radius 1 is 1.28 bits per heavy atom. The Bertz CT molecular complexity index is 701. The van der Waals surface area contributed by atoms with Crippen LogP contribution in [0.1, 0.15) is 84.5 Å². The van der Waals surface area contributed by atoms with Gasteiger partial charge in [0.2, 0.25) is 0 Å². The number of aryl methyl sites for hydroxylation is 1. The summed E-state index contributed by atoms with van der Waals surface area (Å²) in [6.07, 6.45) is 11.9. The van der Waals surface area contributed by atoms with Gasteiger partial charge in [-0.2, -0.15) is 0 Å². The number of nitrogens with one attached hydrogen (secondary N) is 1. The van der Waals surface area contributed by atoms with E-state index in [0.29, 0.717) is 5.69 Å². The average Bonchev–Trinajstić information content (AvgIpc) is 2.91. The van der Waals surface area contributed by atoms with Crippen LogP contribution in [0.25, 0.3) is 0 Å². The quantitative estimate of drug-likeness (QED) is 0.649. The van der Waals surface area contributed by atoms with E-state index < -0.39 is 0 Å². The monoisotopic (exact) mass is 342 g/mol. The molecule has 1 N–H and O–H groups in total. The SMILES string of the molecule is CCCc1c(C(=O)N2CCC[C@@]3(CC=CCC3)C2)[nH]c(C)c1C(C)=O. The molecule has 25 heavy (non-hydrogen) atoms. The van der Waals surface area contributed by atoms with Crippen LogP contribution in [0.2, 0.25) is 0 Å². The van der Waals surface area contributed by atoms with Gasteiger partial charge < -0.3 is 9.88 Å². The van der Waals surface area contributed by atoms with Gasteiger partial charge in [-0.25, -0.2) is 0 Å². The van der Waals surface area contributed by atoms with Crippen LogP contribution >= 0.6 is 0 Å². The minimum absolute atomic E-state index is 0.0452. The van der Waals surface area contributed by atoms with Crippen LogP contribution in [0, 0.1) is 12.3 Å². The fraction of sp³-hybridized carbons (Fsp3) is 0.619. The maximum absolute atomic E-state index is 13.3. The summed E-state index contributed by atoms with van der Waals surface area (Å²) in [5, 5.41) is 0. The summed E-state index contributed by atoms with van der Waals surface area (Å²) in [6, 6.07) is 0. The van der Waals surface area contributed by atoms with Gasteiger partial charge in [0.05, 0.1) is 0 Å². The molecule has 1 aromatic rings. The van der Waals surface area contributed by atoms with E-state index in [4.69, 9.17) is 0 Å². The Labute approximate surface area is 150 Å². The highest BCUT2D eigenvalue weighted by molar-refractivity contribution is 6.02. The fourth-order valence-electron chi connectivity index (χ4n) is 4.69. The molecule has 4 nitrogen and oxygen atoms in total. The maximum atomic E-state index is 13.3. The van der Waals surface area contributed by atoms with Crippen molar-refractivity contribution in [3.63, 3.8) is 0 Å². The molecule has 1 aliphatic heterocycles. The molecular weight excluding hydrogens is 312 g/mol. The predicted molar refractivity (Wildman–Crippen MR) is 100 cm³/mol. The van der Waals surface area contributed by atoms with E-state index in [0.717, 1.165) is 62.0 Å². The fourth-order valence-corrected chi connectivity index (χ4v) is 4.69. The van der Waals surface area contributed by atoms with Gasteiger partial charge >= 0.3 is 0 Å². The number of H-pyrrole nitrogens is 1. The Morgan fingerprint density at radius 3 is 2.72 bits per heavy atom. The summed E-state index contributed by atoms with van der Waals surface area (Å²) in [4.78, 5) is 30.6. The molecule has 2 aliphatic rings. The molecule has 1 atom stereocenters. The molecule has 1 amide bonds. The van der Waals surface area contributed by atoms with Gasteiger partial charge in [-0.3, -0.25) is 9.59 Å². The molecular formula is C21H30N2O2. The number of aromatic nitrogens is 1. The van der Waals surface area contributed by atoms with Gasteiger partial charge in [-0.1, -0.05) is 25.5 Å². The Morgan fingerprint density at radius 2 is 2.08 bits per heavy atom. The van der Waals surface area contributed by atoms with Crippen molar-refractivity contribution in [1.82, 2.24) is 9.88 Å². The lowest BCUT2D eigenvalue weighted by molar-refractivity contribution is 0.0478. The van der Waals surface area contributed by atoms with Crippen molar-refractivity contribution < 1.29 is 9.59 Å². The third kappa shape index (κ3) is 3.44. The highest BCUT2D eigenvalue weighted by Crippen LogP contribution is 2.41. The van der Waals surface area contributed by atoms with E-state index in [1.807, 2.05) is 11.8 Å². The number of likely N-dealkylation sites (tertiary alicyclic amines) is 1. The van der Waals surface area contributed by atoms with Crippen LogP contribution in [0.3, 0.4) is 0 Å². The van der Waals surface area contributed by atoms with Crippen LogP contribution in [0.15, 0.2) is 12.2 Å². The zero-order valence-electron chi connectivity index (χ0n) is 15.8. The van der Waals surface area contributed by atoms with Crippen molar-refractivity contribution >= 4 is 11.7 Å². The predicted octanol–water partition coefficient (Wildman–Crippen LogP) is 4.44. The van der Waals surface area contributed by atoms with Gasteiger partial charge in [-0.05, 0) is 63.4 Å². The second-order valence-electron chi connectivity index (χ2n) is 7.83. The molecule has 1 saturated heterocycles. The van der Waals surface area contributed by atoms with Crippen LogP contribution in [0.4, 0.5) is 0 Å². The number of hydrogen-bond acceptors (Lipinski definition) is 2. The van der Waals surface area contributed by atoms with Crippen LogP contribution < -0.4 is 0 Å². The van der Waals surface area contributed by atoms with E-state index in [-0.39, 0.29) is 17.1 Å². The normalized spacial score (nSPS) is 23.2. The first-order valence-electron chi connectivity index (χ1n) is 9.64. The molecule has 0 saturated carbocycles. The number of Topliss-reactive ketones (excluding diaryl/α,β-unsaturated/α-hetero) is 1. The smallest absolute Gasteiger partial charge is 0.270 e. The summed E-state index contributed by atoms with van der Waals surface area (Å²) < 4.78 is 0. The van der Waals surface area contributed by atoms with E-state index in [1.54, 1.807) is 6.92 Å². The lowest BCUT2D eigenvalue weighted by atomic mass is 9.71. The van der Waals surface area contributed by atoms with Crippen molar-refractivity contribution in [2.75, 3.05) is 13.1 Å². The zero-order valence-corrected chi connectivity index (χ0v) is 15.8. The van der Waals surface area contributed by atoms with Crippen molar-refractivity contribution in [2.45, 2.75) is 65.7 Å². The standard InChI is InChI=1S/C21H30N2O2/c1-4-9-17-18(16(3)24)15(2)22-19(17)20(25)23-13-8-12-21(14-23)10-6-5-7-11-21/h5-6,22H,4,7-14H2,1-3H3/t21-/m0/s1. The number of nitrogens with zero attached hydrogens (tertiary/aromatic N) is 1. The van der Waals surface area contributed by atoms with E-state index in [1.165, 1.54) is 12.8 Å². The highest BCUT2D eigenvalue weighted by atomic mass is 16.2. The topological polar surface area (TPSA) is 53.2 Å². The largest absolute Gasteiger partial charge is 0.354 e. The number of amides is 1. The van der Waals surface area contributed by atoms with Gasteiger partial charge in [-0.15, -0.1) is 0 Å². The molecule has 0 unspecified atom stereocenters. The lowest BCUT2D eigenvalue weighted by Gasteiger charge is -2.43. The first-order chi connectivity index (χ1) is 12.0. The summed E-state index contributed by atoms with van der Waals surface area (Å²) in [5.41, 5.74) is 3.37. The summed E-state index contributed by atoms with van der Waals surface area (Å²) in [7, 11) is 0. The second kappa shape index (κ2) is 7.19. The summed E-state index contributed by atoms with van der Waals surface area (Å²) in [5.74, 6) is 0.122. The highest BCUT2D eigenvalue weighted by Gasteiger charge is 2.38. The number of aromatic amines is 1. The minimum Gasteiger partial charge on any atom is -0.354 e. The van der Waals surface area contributed by atoms with E-state index in [9.17, 15) is 9.59 Å². The molecule has 1 fully saturated rings. The van der Waals surface area contributed by atoms with Crippen molar-refractivity contribution in [3.05, 3.63) is 34.7 Å². The number of carbonyl (C=O) groups excluding carboxylic acids is 2. The Balaban J connectivity index is 1.89. The van der Waals surface area contributed by atoms with Crippen LogP contribution in [-0.2, 0) is 6.42 Å². The zero-order chi connectivity index (χ0) is 18.0. The average molecular weight is 342 g/mol. The maximum Gasteiger partial charge on any atom is 0.270 e. The van der Waals surface area contributed by atoms with E-state index >= 15 is 0 Å². The number of allylic oxidation sites excluding steroid dienone is 2. The van der Waals surface area contributed by atoms with Gasteiger partial charge in [0, 0.05) is 24.3 Å². The molecule has 4 heteroatoms. The molecule has 0 radical (unpaired) electrons. The molecule has 3 rings (SSSR count). The molecule has 1 aromatic heterocycles. The first kappa shape index (κ1) is 18.0. The molecule has 1 aliphatic carbocycles. The van der Waals surface area contributed by atoms with Gasteiger partial charge in [0.25, 0.3) is 5.91 Å². The number of rotatable bonds is 4. The second-order valence-corrected chi connectivity index (χ2v) is 7.83. The molecule has 0 bridgehead atoms. The Hall–Kier alpha value is -1.84. The summed E-state index contributed by atoms with van der Waals surface area (Å²) >= 11 is 0. The van der Waals surface area contributed by atoms with Gasteiger partial charge in [0.15, 0.2) is 5.78 Å². The Kier molecular flexibility index (Phi) is 5.16. The van der Waals surface area contributed by atoms with Crippen molar-refractivity contribution in [1.29, 1.82) is 0 Å². The van der Waals surface area contributed by atoms with Gasteiger partial charge in [0.1, 0.15) is 5.69 Å². The van der Waals surface area contributed by atoms with Crippen LogP contribution in [-0.4, -0.2) is 34.7 Å². The number of ketones is 1. The minimum atomic E-state index is 0.0452. The first-order valence-corrected chi connectivity index (χ1v) is 9.64. The lowest BCUT2D eigenvalue weighted by Crippen LogP contribution is -2.46. The molecule has 0 aromatic carbocycles. The number of carbonyl (C=O) groups is 2. The molecule has 2 heterocycles. The van der Waals surface area contributed by atoms with E-state index in [2.05, 4.69) is 24.1 Å². The summed E-state index contributed by atoms with van der Waals surface area (Å²) in [6.45, 7) is 7.24. The van der Waals surface area contributed by atoms with Crippen molar-refractivity contribution in [3.8, 4) is 0 Å². The molecule has 136 valence electrons. The number of hydrogen-bond donors (Lipinski definition) is 1. The molecule has 1 spiro atoms.